The van der Waals surface area contributed by atoms with E-state index < -0.39 is 5.60 Å². The smallest absolute Gasteiger partial charge is 0.410 e. The van der Waals surface area contributed by atoms with Gasteiger partial charge in [-0.1, -0.05) is 0 Å². The Hall–Kier alpha value is -2.02. The first-order valence-electron chi connectivity index (χ1n) is 8.41. The summed E-state index contributed by atoms with van der Waals surface area (Å²) in [6.07, 6.45) is 2.31. The van der Waals surface area contributed by atoms with Gasteiger partial charge in [-0.3, -0.25) is 9.69 Å². The molecule has 134 valence electrons. The molecule has 0 saturated carbocycles. The van der Waals surface area contributed by atoms with Crippen molar-refractivity contribution >= 4 is 11.8 Å². The lowest BCUT2D eigenvalue weighted by Crippen LogP contribution is -2.39. The van der Waals surface area contributed by atoms with Crippen molar-refractivity contribution in [3.8, 4) is 0 Å². The van der Waals surface area contributed by atoms with Crippen LogP contribution in [0.15, 0.2) is 23.1 Å². The molecule has 0 bridgehead atoms. The Morgan fingerprint density at radius 3 is 2.62 bits per heavy atom. The van der Waals surface area contributed by atoms with E-state index in [0.717, 1.165) is 26.1 Å². The van der Waals surface area contributed by atoms with Crippen molar-refractivity contribution < 1.29 is 9.53 Å². The molecule has 1 aliphatic heterocycles. The van der Waals surface area contributed by atoms with Crippen molar-refractivity contribution in [1.82, 2.24) is 14.4 Å². The van der Waals surface area contributed by atoms with Crippen LogP contribution in [0.4, 0.5) is 10.5 Å². The molecule has 1 amide bonds. The topological polar surface area (TPSA) is 80.8 Å². The van der Waals surface area contributed by atoms with Gasteiger partial charge in [0.05, 0.1) is 0 Å². The number of carbonyl (C=O) groups is 1. The predicted octanol–water partition coefficient (Wildman–Crippen LogP) is 1.37. The van der Waals surface area contributed by atoms with Crippen molar-refractivity contribution in [2.45, 2.75) is 39.3 Å². The zero-order valence-corrected chi connectivity index (χ0v) is 14.8. The fraction of sp³-hybridized carbons (Fsp3) is 0.647. The van der Waals surface area contributed by atoms with Gasteiger partial charge in [-0.05, 0) is 39.8 Å². The van der Waals surface area contributed by atoms with E-state index in [1.165, 1.54) is 6.07 Å². The minimum absolute atomic E-state index is 0.0468. The molecule has 7 heteroatoms. The third-order valence-electron chi connectivity index (χ3n) is 3.90. The average Bonchev–Trinajstić information content (AvgIpc) is 2.72. The molecule has 0 aromatic carbocycles. The van der Waals surface area contributed by atoms with Crippen molar-refractivity contribution in [3.05, 3.63) is 28.7 Å². The minimum atomic E-state index is -0.475. The molecule has 1 aromatic rings. The first-order chi connectivity index (χ1) is 11.2. The SMILES string of the molecule is CC(C)(C)OC(=O)N1CCCN(CCn2cc(N)ccc2=O)CC1. The number of hydrogen-bond donors (Lipinski definition) is 1. The van der Waals surface area contributed by atoms with Gasteiger partial charge in [0.15, 0.2) is 0 Å². The molecule has 1 aromatic heterocycles. The number of anilines is 1. The first-order valence-corrected chi connectivity index (χ1v) is 8.41. The van der Waals surface area contributed by atoms with E-state index in [9.17, 15) is 9.59 Å². The second-order valence-electron chi connectivity index (χ2n) is 7.16. The molecule has 0 aliphatic carbocycles. The highest BCUT2D eigenvalue weighted by Gasteiger charge is 2.24. The summed E-state index contributed by atoms with van der Waals surface area (Å²) in [6, 6.07) is 3.10. The van der Waals surface area contributed by atoms with Crippen LogP contribution in [0, 0.1) is 0 Å². The van der Waals surface area contributed by atoms with E-state index in [4.69, 9.17) is 10.5 Å². The van der Waals surface area contributed by atoms with Crippen LogP contribution in [-0.4, -0.2) is 58.8 Å². The summed E-state index contributed by atoms with van der Waals surface area (Å²) in [6.45, 7) is 9.98. The normalized spacial score (nSPS) is 16.7. The lowest BCUT2D eigenvalue weighted by Gasteiger charge is -2.26. The van der Waals surface area contributed by atoms with E-state index in [1.54, 1.807) is 21.7 Å². The fourth-order valence-corrected chi connectivity index (χ4v) is 2.68. The number of hydrogen-bond acceptors (Lipinski definition) is 5. The summed E-state index contributed by atoms with van der Waals surface area (Å²) in [7, 11) is 0. The largest absolute Gasteiger partial charge is 0.444 e. The number of nitrogen functional groups attached to an aromatic ring is 1. The molecule has 24 heavy (non-hydrogen) atoms. The van der Waals surface area contributed by atoms with E-state index in [0.29, 0.717) is 25.3 Å². The second kappa shape index (κ2) is 7.70. The van der Waals surface area contributed by atoms with Gasteiger partial charge in [-0.15, -0.1) is 0 Å². The summed E-state index contributed by atoms with van der Waals surface area (Å²) in [4.78, 5) is 28.0. The third-order valence-corrected chi connectivity index (χ3v) is 3.90. The lowest BCUT2D eigenvalue weighted by atomic mass is 10.2. The standard InChI is InChI=1S/C17H28N4O3/c1-17(2,3)24-16(23)20-8-4-7-19(9-11-20)10-12-21-13-14(18)5-6-15(21)22/h5-6,13H,4,7-12,18H2,1-3H3. The molecule has 2 N–H and O–H groups in total. The van der Waals surface area contributed by atoms with Crippen LogP contribution < -0.4 is 11.3 Å². The number of carbonyl (C=O) groups excluding carboxylic acids is 1. The number of rotatable bonds is 3. The third kappa shape index (κ3) is 5.56. The average molecular weight is 336 g/mol. The quantitative estimate of drug-likeness (QED) is 0.902. The second-order valence-corrected chi connectivity index (χ2v) is 7.16. The molecule has 1 saturated heterocycles. The van der Waals surface area contributed by atoms with Gasteiger partial charge in [0.1, 0.15) is 5.60 Å². The van der Waals surface area contributed by atoms with Gasteiger partial charge >= 0.3 is 6.09 Å². The monoisotopic (exact) mass is 336 g/mol. The molecule has 0 radical (unpaired) electrons. The first kappa shape index (κ1) is 18.3. The summed E-state index contributed by atoms with van der Waals surface area (Å²) in [5, 5.41) is 0. The maximum atomic E-state index is 12.2. The highest BCUT2D eigenvalue weighted by Crippen LogP contribution is 2.12. The zero-order valence-electron chi connectivity index (χ0n) is 14.8. The Morgan fingerprint density at radius 1 is 1.17 bits per heavy atom. The number of amides is 1. The molecule has 0 unspecified atom stereocenters. The van der Waals surface area contributed by atoms with Gasteiger partial charge in [0.2, 0.25) is 0 Å². The molecule has 0 spiro atoms. The Morgan fingerprint density at radius 2 is 1.92 bits per heavy atom. The predicted molar refractivity (Wildman–Crippen MR) is 94.0 cm³/mol. The molecule has 2 rings (SSSR count). The van der Waals surface area contributed by atoms with Crippen molar-refractivity contribution in [2.24, 2.45) is 0 Å². The van der Waals surface area contributed by atoms with E-state index >= 15 is 0 Å². The number of ether oxygens (including phenoxy) is 1. The molecule has 1 fully saturated rings. The lowest BCUT2D eigenvalue weighted by molar-refractivity contribution is 0.0257. The van der Waals surface area contributed by atoms with Crippen molar-refractivity contribution in [1.29, 1.82) is 0 Å². The van der Waals surface area contributed by atoms with Gasteiger partial charge in [0, 0.05) is 50.7 Å². The van der Waals surface area contributed by atoms with Crippen LogP contribution in [0.3, 0.4) is 0 Å². The maximum absolute atomic E-state index is 12.2. The molecule has 2 heterocycles. The van der Waals surface area contributed by atoms with Crippen molar-refractivity contribution in [2.75, 3.05) is 38.5 Å². The number of aromatic nitrogens is 1. The highest BCUT2D eigenvalue weighted by molar-refractivity contribution is 5.68. The van der Waals surface area contributed by atoms with Crippen LogP contribution in [0.2, 0.25) is 0 Å². The molecule has 0 atom stereocenters. The van der Waals surface area contributed by atoms with Gasteiger partial charge in [-0.2, -0.15) is 0 Å². The molecular formula is C17H28N4O3. The Labute approximate surface area is 143 Å². The highest BCUT2D eigenvalue weighted by atomic mass is 16.6. The molecule has 7 nitrogen and oxygen atoms in total. The maximum Gasteiger partial charge on any atom is 0.410 e. The van der Waals surface area contributed by atoms with Crippen molar-refractivity contribution in [3.63, 3.8) is 0 Å². The summed E-state index contributed by atoms with van der Waals surface area (Å²) >= 11 is 0. The number of pyridine rings is 1. The fourth-order valence-electron chi connectivity index (χ4n) is 2.68. The summed E-state index contributed by atoms with van der Waals surface area (Å²) < 4.78 is 7.07. The van der Waals surface area contributed by atoms with Crippen LogP contribution in [-0.2, 0) is 11.3 Å². The van der Waals surface area contributed by atoms with Gasteiger partial charge in [0.25, 0.3) is 5.56 Å². The Balaban J connectivity index is 1.86. The molecular weight excluding hydrogens is 308 g/mol. The van der Waals surface area contributed by atoms with Crippen LogP contribution in [0.5, 0.6) is 0 Å². The van der Waals surface area contributed by atoms with E-state index in [-0.39, 0.29) is 11.7 Å². The minimum Gasteiger partial charge on any atom is -0.444 e. The van der Waals surface area contributed by atoms with Gasteiger partial charge in [-0.25, -0.2) is 4.79 Å². The van der Waals surface area contributed by atoms with Crippen LogP contribution >= 0.6 is 0 Å². The Bertz CT molecular complexity index is 621. The van der Waals surface area contributed by atoms with Gasteiger partial charge < -0.3 is 19.9 Å². The number of nitrogens with two attached hydrogens (primary N) is 1. The van der Waals surface area contributed by atoms with E-state index in [2.05, 4.69) is 4.90 Å². The van der Waals surface area contributed by atoms with Crippen LogP contribution in [0.25, 0.3) is 0 Å². The number of nitrogens with zero attached hydrogens (tertiary/aromatic N) is 3. The van der Waals surface area contributed by atoms with E-state index in [1.807, 2.05) is 20.8 Å². The summed E-state index contributed by atoms with van der Waals surface area (Å²) in [5.74, 6) is 0. The Kier molecular flexibility index (Phi) is 5.88. The van der Waals surface area contributed by atoms with Crippen LogP contribution in [0.1, 0.15) is 27.2 Å². The summed E-state index contributed by atoms with van der Waals surface area (Å²) in [5.41, 5.74) is 5.79. The molecule has 1 aliphatic rings. The zero-order chi connectivity index (χ0) is 17.7.